The first-order chi connectivity index (χ1) is 11.7. The number of aryl methyl sites for hydroxylation is 1. The number of nitrogens with one attached hydrogen (secondary N) is 1. The van der Waals surface area contributed by atoms with Crippen molar-refractivity contribution in [3.8, 4) is 0 Å². The summed E-state index contributed by atoms with van der Waals surface area (Å²) in [6, 6.07) is 3.16. The van der Waals surface area contributed by atoms with E-state index in [1.807, 2.05) is 6.92 Å². The fourth-order valence-electron chi connectivity index (χ4n) is 2.74. The number of aromatic amines is 1. The number of amides is 1. The lowest BCUT2D eigenvalue weighted by atomic mass is 10.0. The second kappa shape index (κ2) is 7.39. The third-order valence-corrected chi connectivity index (χ3v) is 3.99. The van der Waals surface area contributed by atoms with Crippen molar-refractivity contribution >= 4 is 5.91 Å². The number of nitrogens with zero attached hydrogens (tertiary/aromatic N) is 3. The summed E-state index contributed by atoms with van der Waals surface area (Å²) in [5, 5.41) is 3.87. The second-order valence-electron chi connectivity index (χ2n) is 5.83. The normalized spacial score (nSPS) is 18.4. The van der Waals surface area contributed by atoms with Gasteiger partial charge >= 0.3 is 0 Å². The van der Waals surface area contributed by atoms with Crippen LogP contribution in [0.4, 0.5) is 0 Å². The molecule has 3 rings (SSSR count). The summed E-state index contributed by atoms with van der Waals surface area (Å²) in [6.07, 6.45) is 2.68. The first-order valence-corrected chi connectivity index (χ1v) is 8.02. The highest BCUT2D eigenvalue weighted by molar-refractivity contribution is 5.91. The quantitative estimate of drug-likeness (QED) is 0.882. The average Bonchev–Trinajstić information content (AvgIpc) is 2.94. The maximum absolute atomic E-state index is 12.6. The Kier molecular flexibility index (Phi) is 5.05. The zero-order valence-electron chi connectivity index (χ0n) is 13.5. The van der Waals surface area contributed by atoms with E-state index in [1.54, 1.807) is 11.0 Å². The van der Waals surface area contributed by atoms with Gasteiger partial charge in [0, 0.05) is 36.8 Å². The Morgan fingerprint density at radius 2 is 2.29 bits per heavy atom. The number of rotatable bonds is 4. The first-order valence-electron chi connectivity index (χ1n) is 8.02. The molecule has 1 saturated heterocycles. The Bertz CT molecular complexity index is 754. The number of ether oxygens (including phenoxy) is 1. The molecule has 128 valence electrons. The van der Waals surface area contributed by atoms with Crippen LogP contribution < -0.4 is 5.56 Å². The van der Waals surface area contributed by atoms with Crippen LogP contribution in [-0.4, -0.2) is 52.2 Å². The van der Waals surface area contributed by atoms with Crippen molar-refractivity contribution in [3.63, 3.8) is 0 Å². The molecule has 1 fully saturated rings. The molecule has 2 aromatic rings. The third kappa shape index (κ3) is 3.88. The van der Waals surface area contributed by atoms with Crippen molar-refractivity contribution in [2.75, 3.05) is 26.3 Å². The predicted octanol–water partition coefficient (Wildman–Crippen LogP) is 0.652. The summed E-state index contributed by atoms with van der Waals surface area (Å²) in [7, 11) is 0. The summed E-state index contributed by atoms with van der Waals surface area (Å²) in [6.45, 7) is 3.97. The summed E-state index contributed by atoms with van der Waals surface area (Å²) in [5.74, 6) is 0.137. The van der Waals surface area contributed by atoms with Gasteiger partial charge in [-0.3, -0.25) is 9.59 Å². The number of hydrogen-bond donors (Lipinski definition) is 1. The molecule has 1 N–H and O–H groups in total. The Hall–Kier alpha value is -2.48. The molecule has 1 aliphatic heterocycles. The van der Waals surface area contributed by atoms with Crippen molar-refractivity contribution in [2.45, 2.75) is 19.8 Å². The Morgan fingerprint density at radius 3 is 3.04 bits per heavy atom. The second-order valence-corrected chi connectivity index (χ2v) is 5.83. The standard InChI is InChI=1S/C16H20N4O4/c1-2-12-6-14(24-19-12)16(22)20-3-4-23-9-11(8-20)5-13-7-15(21)18-10-17-13/h6-7,10-11H,2-5,8-9H2,1H3,(H,17,18,21)/t11-/m0/s1. The Morgan fingerprint density at radius 1 is 1.42 bits per heavy atom. The van der Waals surface area contributed by atoms with Crippen molar-refractivity contribution in [1.82, 2.24) is 20.0 Å². The highest BCUT2D eigenvalue weighted by Crippen LogP contribution is 2.15. The fraction of sp³-hybridized carbons (Fsp3) is 0.500. The molecular weight excluding hydrogens is 312 g/mol. The lowest BCUT2D eigenvalue weighted by molar-refractivity contribution is 0.0695. The molecule has 24 heavy (non-hydrogen) atoms. The molecule has 1 aliphatic rings. The topological polar surface area (TPSA) is 101 Å². The van der Waals surface area contributed by atoms with Gasteiger partial charge in [-0.25, -0.2) is 4.98 Å². The molecule has 0 saturated carbocycles. The number of aromatic nitrogens is 3. The number of hydrogen-bond acceptors (Lipinski definition) is 6. The molecule has 0 radical (unpaired) electrons. The van der Waals surface area contributed by atoms with Crippen LogP contribution in [0, 0.1) is 5.92 Å². The molecule has 1 atom stereocenters. The van der Waals surface area contributed by atoms with Gasteiger partial charge in [-0.1, -0.05) is 12.1 Å². The van der Waals surface area contributed by atoms with E-state index in [1.165, 1.54) is 12.4 Å². The van der Waals surface area contributed by atoms with Crippen LogP contribution in [0.2, 0.25) is 0 Å². The minimum atomic E-state index is -0.184. The van der Waals surface area contributed by atoms with Crippen molar-refractivity contribution in [2.24, 2.45) is 5.92 Å². The highest BCUT2D eigenvalue weighted by Gasteiger charge is 2.26. The lowest BCUT2D eigenvalue weighted by Crippen LogP contribution is -2.36. The number of carbonyl (C=O) groups excluding carboxylic acids is 1. The van der Waals surface area contributed by atoms with E-state index >= 15 is 0 Å². The van der Waals surface area contributed by atoms with Crippen molar-refractivity contribution in [1.29, 1.82) is 0 Å². The van der Waals surface area contributed by atoms with Gasteiger partial charge in [-0.2, -0.15) is 0 Å². The van der Waals surface area contributed by atoms with E-state index in [9.17, 15) is 9.59 Å². The van der Waals surface area contributed by atoms with Gasteiger partial charge < -0.3 is 19.1 Å². The molecule has 0 unspecified atom stereocenters. The van der Waals surface area contributed by atoms with E-state index in [2.05, 4.69) is 15.1 Å². The van der Waals surface area contributed by atoms with E-state index in [4.69, 9.17) is 9.26 Å². The largest absolute Gasteiger partial charge is 0.379 e. The fourth-order valence-corrected chi connectivity index (χ4v) is 2.74. The first kappa shape index (κ1) is 16.4. The number of H-pyrrole nitrogens is 1. The number of carbonyl (C=O) groups is 1. The van der Waals surface area contributed by atoms with E-state index in [0.717, 1.165) is 12.1 Å². The molecule has 0 aliphatic carbocycles. The van der Waals surface area contributed by atoms with Gasteiger partial charge in [-0.05, 0) is 12.8 Å². The maximum atomic E-state index is 12.6. The van der Waals surface area contributed by atoms with Crippen LogP contribution in [0.15, 0.2) is 27.8 Å². The van der Waals surface area contributed by atoms with Crippen LogP contribution in [0.1, 0.15) is 28.9 Å². The summed E-state index contributed by atoms with van der Waals surface area (Å²) in [4.78, 5) is 32.3. The monoisotopic (exact) mass is 332 g/mol. The average molecular weight is 332 g/mol. The molecule has 0 aromatic carbocycles. The minimum Gasteiger partial charge on any atom is -0.379 e. The summed E-state index contributed by atoms with van der Waals surface area (Å²) in [5.41, 5.74) is 1.26. The van der Waals surface area contributed by atoms with Gasteiger partial charge in [0.25, 0.3) is 11.5 Å². The maximum Gasteiger partial charge on any atom is 0.292 e. The third-order valence-electron chi connectivity index (χ3n) is 3.99. The molecule has 3 heterocycles. The van der Waals surface area contributed by atoms with Gasteiger partial charge in [0.05, 0.1) is 25.2 Å². The van der Waals surface area contributed by atoms with Gasteiger partial charge in [-0.15, -0.1) is 0 Å². The SMILES string of the molecule is CCc1cc(C(=O)N2CCOC[C@@H](Cc3cc(=O)[nH]cn3)C2)on1. The molecular formula is C16H20N4O4. The van der Waals surface area contributed by atoms with Gasteiger partial charge in [0.1, 0.15) is 0 Å². The smallest absolute Gasteiger partial charge is 0.292 e. The van der Waals surface area contributed by atoms with E-state index in [-0.39, 0.29) is 23.1 Å². The molecule has 8 nitrogen and oxygen atoms in total. The van der Waals surface area contributed by atoms with E-state index in [0.29, 0.717) is 38.4 Å². The van der Waals surface area contributed by atoms with Crippen LogP contribution >= 0.6 is 0 Å². The Balaban J connectivity index is 1.70. The van der Waals surface area contributed by atoms with Crippen LogP contribution in [-0.2, 0) is 17.6 Å². The Labute approximate surface area is 138 Å². The summed E-state index contributed by atoms with van der Waals surface area (Å²) >= 11 is 0. The lowest BCUT2D eigenvalue weighted by Gasteiger charge is -2.22. The van der Waals surface area contributed by atoms with Crippen LogP contribution in [0.5, 0.6) is 0 Å². The molecule has 0 spiro atoms. The van der Waals surface area contributed by atoms with Crippen molar-refractivity contribution < 1.29 is 14.1 Å². The van der Waals surface area contributed by atoms with E-state index < -0.39 is 0 Å². The minimum absolute atomic E-state index is 0.0688. The molecule has 0 bridgehead atoms. The predicted molar refractivity (Wildman–Crippen MR) is 84.7 cm³/mol. The molecule has 1 amide bonds. The van der Waals surface area contributed by atoms with Gasteiger partial charge in [0.2, 0.25) is 5.76 Å². The van der Waals surface area contributed by atoms with Crippen LogP contribution in [0.3, 0.4) is 0 Å². The van der Waals surface area contributed by atoms with Crippen molar-refractivity contribution in [3.05, 3.63) is 46.0 Å². The van der Waals surface area contributed by atoms with Gasteiger partial charge in [0.15, 0.2) is 0 Å². The summed E-state index contributed by atoms with van der Waals surface area (Å²) < 4.78 is 10.7. The zero-order valence-corrected chi connectivity index (χ0v) is 13.5. The van der Waals surface area contributed by atoms with Crippen LogP contribution in [0.25, 0.3) is 0 Å². The zero-order chi connectivity index (χ0) is 16.9. The molecule has 2 aromatic heterocycles. The molecule has 8 heteroatoms. The highest BCUT2D eigenvalue weighted by atomic mass is 16.5.